The molecule has 0 radical (unpaired) electrons. The highest BCUT2D eigenvalue weighted by atomic mass is 15.6. The van der Waals surface area contributed by atoms with Gasteiger partial charge in [0.05, 0.1) is 0 Å². The number of hydrogen-bond donors (Lipinski definition) is 0. The van der Waals surface area contributed by atoms with Gasteiger partial charge in [-0.15, -0.1) is 0 Å². The predicted molar refractivity (Wildman–Crippen MR) is 86.8 cm³/mol. The van der Waals surface area contributed by atoms with E-state index >= 15 is 0 Å². The fraction of sp³-hybridized carbons (Fsp3) is 0.235. The van der Waals surface area contributed by atoms with Crippen LogP contribution in [0.4, 0.5) is 5.69 Å². The minimum Gasteiger partial charge on any atom is -0.302 e. The Morgan fingerprint density at radius 3 is 2.60 bits per heavy atom. The van der Waals surface area contributed by atoms with Gasteiger partial charge in [-0.2, -0.15) is 5.10 Å². The molecule has 1 aliphatic heterocycles. The molecule has 0 amide bonds. The van der Waals surface area contributed by atoms with Gasteiger partial charge >= 0.3 is 0 Å². The highest BCUT2D eigenvalue weighted by Gasteiger charge is 2.31. The first-order valence-corrected chi connectivity index (χ1v) is 6.72. The number of rotatable bonds is 4. The van der Waals surface area contributed by atoms with Crippen LogP contribution in [0.1, 0.15) is 12.5 Å². The normalized spacial score (nSPS) is 19.1. The molecule has 0 aromatic heterocycles. The largest absolute Gasteiger partial charge is 0.302 e. The second-order valence-electron chi connectivity index (χ2n) is 4.85. The van der Waals surface area contributed by atoms with Crippen LogP contribution in [-0.2, 0) is 0 Å². The van der Waals surface area contributed by atoms with Crippen LogP contribution >= 0.6 is 0 Å². The van der Waals surface area contributed by atoms with Gasteiger partial charge in [-0.05, 0) is 25.5 Å². The minimum absolute atomic E-state index is 0.166. The lowest BCUT2D eigenvalue weighted by atomic mass is 10.1. The smallest absolute Gasteiger partial charge is 0.162 e. The van der Waals surface area contributed by atoms with E-state index in [9.17, 15) is 0 Å². The molecule has 1 atom stereocenters. The third kappa shape index (κ3) is 2.39. The zero-order chi connectivity index (χ0) is 14.7. The molecule has 0 fully saturated rings. The number of aryl methyl sites for hydroxylation is 1. The number of amidine groups is 1. The molecule has 1 unspecified atom stereocenters. The summed E-state index contributed by atoms with van der Waals surface area (Å²) < 4.78 is 0. The van der Waals surface area contributed by atoms with Gasteiger partial charge in [0, 0.05) is 18.3 Å². The highest BCUT2D eigenvalue weighted by Crippen LogP contribution is 2.29. The molecule has 0 N–H and O–H groups in total. The van der Waals surface area contributed by atoms with Crippen molar-refractivity contribution in [3.63, 3.8) is 0 Å². The van der Waals surface area contributed by atoms with Crippen molar-refractivity contribution in [1.82, 2.24) is 5.01 Å². The first-order chi connectivity index (χ1) is 9.60. The molecular weight excluding hydrogens is 246 g/mol. The number of benzene rings is 1. The number of nitrogens with zero attached hydrogens (tertiary/aromatic N) is 3. The summed E-state index contributed by atoms with van der Waals surface area (Å²) in [6.45, 7) is 11.9. The maximum atomic E-state index is 4.65. The average molecular weight is 267 g/mol. The van der Waals surface area contributed by atoms with Gasteiger partial charge in [-0.3, -0.25) is 5.01 Å². The van der Waals surface area contributed by atoms with Crippen LogP contribution in [0.5, 0.6) is 0 Å². The molecule has 0 saturated carbocycles. The van der Waals surface area contributed by atoms with E-state index < -0.39 is 0 Å². The molecule has 0 bridgehead atoms. The molecule has 0 saturated heterocycles. The molecule has 1 aromatic rings. The van der Waals surface area contributed by atoms with Gasteiger partial charge in [0.1, 0.15) is 6.17 Å². The van der Waals surface area contributed by atoms with Crippen molar-refractivity contribution in [3.05, 3.63) is 66.8 Å². The summed E-state index contributed by atoms with van der Waals surface area (Å²) in [6.07, 6.45) is 5.68. The molecule has 20 heavy (non-hydrogen) atoms. The Kier molecular flexibility index (Phi) is 4.08. The molecule has 0 spiro atoms. The van der Waals surface area contributed by atoms with Crippen LogP contribution in [0.3, 0.4) is 0 Å². The highest BCUT2D eigenvalue weighted by molar-refractivity contribution is 6.13. The topological polar surface area (TPSA) is 18.8 Å². The maximum Gasteiger partial charge on any atom is 0.162 e. The number of allylic oxidation sites excluding steroid dienone is 2. The van der Waals surface area contributed by atoms with Gasteiger partial charge in [0.15, 0.2) is 5.84 Å². The van der Waals surface area contributed by atoms with E-state index in [0.29, 0.717) is 0 Å². The van der Waals surface area contributed by atoms with Gasteiger partial charge < -0.3 is 4.90 Å². The van der Waals surface area contributed by atoms with Gasteiger partial charge in [-0.25, -0.2) is 0 Å². The van der Waals surface area contributed by atoms with E-state index in [1.807, 2.05) is 30.3 Å². The van der Waals surface area contributed by atoms with E-state index in [4.69, 9.17) is 0 Å². The molecule has 1 heterocycles. The molecule has 104 valence electrons. The van der Waals surface area contributed by atoms with Crippen LogP contribution in [0, 0.1) is 6.92 Å². The third-order valence-corrected chi connectivity index (χ3v) is 3.55. The first kappa shape index (κ1) is 14.1. The van der Waals surface area contributed by atoms with Crippen molar-refractivity contribution < 1.29 is 0 Å². The number of para-hydroxylation sites is 1. The van der Waals surface area contributed by atoms with E-state index in [-0.39, 0.29) is 6.17 Å². The minimum atomic E-state index is 0.166. The summed E-state index contributed by atoms with van der Waals surface area (Å²) in [4.78, 5) is 2.23. The lowest BCUT2D eigenvalue weighted by Gasteiger charge is -2.29. The fourth-order valence-corrected chi connectivity index (χ4v) is 2.33. The van der Waals surface area contributed by atoms with E-state index in [1.54, 1.807) is 6.08 Å². The van der Waals surface area contributed by atoms with Crippen molar-refractivity contribution in [2.24, 2.45) is 5.10 Å². The maximum absolute atomic E-state index is 4.65. The Hall–Kier alpha value is -2.29. The van der Waals surface area contributed by atoms with Crippen molar-refractivity contribution in [3.8, 4) is 0 Å². The molecule has 0 aliphatic carbocycles. The first-order valence-electron chi connectivity index (χ1n) is 6.72. The monoisotopic (exact) mass is 267 g/mol. The second kappa shape index (κ2) is 5.78. The van der Waals surface area contributed by atoms with Crippen LogP contribution in [0.25, 0.3) is 0 Å². The Morgan fingerprint density at radius 2 is 2.00 bits per heavy atom. The van der Waals surface area contributed by atoms with Crippen LogP contribution in [-0.4, -0.2) is 24.1 Å². The Bertz CT molecular complexity index is 584. The summed E-state index contributed by atoms with van der Waals surface area (Å²) in [7, 11) is 1.98. The summed E-state index contributed by atoms with van der Waals surface area (Å²) in [6, 6.07) is 8.34. The SMILES string of the molecule is C=C/C=C(\C=C)C1=NN(C)C(C)N1c1ccccc1C. The van der Waals surface area contributed by atoms with Crippen LogP contribution < -0.4 is 4.90 Å². The van der Waals surface area contributed by atoms with Crippen molar-refractivity contribution in [2.75, 3.05) is 11.9 Å². The summed E-state index contributed by atoms with van der Waals surface area (Å²) in [5, 5.41) is 6.61. The standard InChI is InChI=1S/C17H21N3/c1-6-10-15(7-2)17-18-19(5)14(4)20(17)16-12-9-8-11-13(16)3/h6-12,14H,1-2H2,3-5H3/b15-10+. The van der Waals surface area contributed by atoms with Gasteiger partial charge in [-0.1, -0.05) is 49.6 Å². The zero-order valence-corrected chi connectivity index (χ0v) is 12.4. The molecule has 1 aliphatic rings. The zero-order valence-electron chi connectivity index (χ0n) is 12.4. The lowest BCUT2D eigenvalue weighted by Crippen LogP contribution is -2.39. The van der Waals surface area contributed by atoms with Crippen LogP contribution in [0.15, 0.2) is 66.3 Å². The van der Waals surface area contributed by atoms with E-state index in [2.05, 4.69) is 55.2 Å². The quantitative estimate of drug-likeness (QED) is 0.775. The molecule has 1 aromatic carbocycles. The van der Waals surface area contributed by atoms with Crippen molar-refractivity contribution >= 4 is 11.5 Å². The summed E-state index contributed by atoms with van der Waals surface area (Å²) in [5.74, 6) is 0.907. The number of hydrogen-bond acceptors (Lipinski definition) is 3. The molecule has 3 nitrogen and oxygen atoms in total. The van der Waals surface area contributed by atoms with Crippen molar-refractivity contribution in [2.45, 2.75) is 20.0 Å². The molecular formula is C17H21N3. The van der Waals surface area contributed by atoms with E-state index in [1.165, 1.54) is 11.3 Å². The lowest BCUT2D eigenvalue weighted by molar-refractivity contribution is 0.304. The summed E-state index contributed by atoms with van der Waals surface area (Å²) in [5.41, 5.74) is 3.36. The van der Waals surface area contributed by atoms with E-state index in [0.717, 1.165) is 11.4 Å². The average Bonchev–Trinajstić information content (AvgIpc) is 2.73. The summed E-state index contributed by atoms with van der Waals surface area (Å²) >= 11 is 0. The number of anilines is 1. The fourth-order valence-electron chi connectivity index (χ4n) is 2.33. The second-order valence-corrected chi connectivity index (χ2v) is 4.85. The third-order valence-electron chi connectivity index (χ3n) is 3.55. The molecule has 3 heteroatoms. The Labute approximate surface area is 121 Å². The van der Waals surface area contributed by atoms with Crippen LogP contribution in [0.2, 0.25) is 0 Å². The number of hydrazone groups is 1. The van der Waals surface area contributed by atoms with Gasteiger partial charge in [0.2, 0.25) is 0 Å². The predicted octanol–water partition coefficient (Wildman–Crippen LogP) is 3.70. The van der Waals surface area contributed by atoms with Crippen molar-refractivity contribution in [1.29, 1.82) is 0 Å². The Morgan fingerprint density at radius 1 is 1.30 bits per heavy atom. The molecule has 2 rings (SSSR count). The van der Waals surface area contributed by atoms with Gasteiger partial charge in [0.25, 0.3) is 0 Å². The Balaban J connectivity index is 2.52.